The molecule has 0 aliphatic heterocycles. The third-order valence-corrected chi connectivity index (χ3v) is 4.22. The summed E-state index contributed by atoms with van der Waals surface area (Å²) in [6, 6.07) is 19.3. The Bertz CT molecular complexity index is 946. The SMILES string of the molecule is Cc1c(N=Cc2ccccc2)c(=O)n(-c2ccccc2)n1C.[CH]1[CH][CH][CH][CH]1.[Cl-].[Cl-].[Cl-].[Ti+2]. The van der Waals surface area contributed by atoms with Gasteiger partial charge in [0.1, 0.15) is 0 Å². The Morgan fingerprint density at radius 1 is 0.774 bits per heavy atom. The van der Waals surface area contributed by atoms with Crippen LogP contribution in [0.5, 0.6) is 0 Å². The van der Waals surface area contributed by atoms with Crippen LogP contribution >= 0.6 is 0 Å². The maximum atomic E-state index is 12.7. The molecule has 1 aromatic heterocycles. The number of benzene rings is 2. The summed E-state index contributed by atoms with van der Waals surface area (Å²) in [5, 5.41) is 0. The van der Waals surface area contributed by atoms with E-state index in [1.165, 1.54) is 0 Å². The van der Waals surface area contributed by atoms with Gasteiger partial charge >= 0.3 is 21.7 Å². The first-order valence-corrected chi connectivity index (χ1v) is 8.78. The molecular formula is C23H22Cl3N3OTi-. The number of aromatic nitrogens is 2. The van der Waals surface area contributed by atoms with E-state index < -0.39 is 0 Å². The molecule has 0 atom stereocenters. The molecule has 161 valence electrons. The Hall–Kier alpha value is -1.30. The molecule has 1 aliphatic rings. The first kappa shape index (κ1) is 31.9. The second-order valence-corrected chi connectivity index (χ2v) is 6.04. The van der Waals surface area contributed by atoms with Crippen LogP contribution < -0.4 is 42.8 Å². The summed E-state index contributed by atoms with van der Waals surface area (Å²) < 4.78 is 3.46. The molecule has 4 nitrogen and oxygen atoms in total. The van der Waals surface area contributed by atoms with Crippen LogP contribution in [0.1, 0.15) is 11.3 Å². The molecule has 3 aromatic rings. The van der Waals surface area contributed by atoms with Gasteiger partial charge in [-0.25, -0.2) is 9.67 Å². The maximum Gasteiger partial charge on any atom is 2.00 e. The number of rotatable bonds is 3. The van der Waals surface area contributed by atoms with Crippen LogP contribution in [0.2, 0.25) is 0 Å². The van der Waals surface area contributed by atoms with Gasteiger partial charge < -0.3 is 37.2 Å². The molecule has 2 aromatic carbocycles. The van der Waals surface area contributed by atoms with E-state index in [-0.39, 0.29) is 64.5 Å². The van der Waals surface area contributed by atoms with Crippen molar-refractivity contribution in [2.75, 3.05) is 0 Å². The van der Waals surface area contributed by atoms with Crippen LogP contribution in [0.25, 0.3) is 5.69 Å². The molecule has 0 bridgehead atoms. The Labute approximate surface area is 218 Å². The number of para-hydroxylation sites is 1. The third-order valence-electron chi connectivity index (χ3n) is 4.22. The van der Waals surface area contributed by atoms with E-state index in [1.54, 1.807) is 10.9 Å². The zero-order chi connectivity index (χ0) is 19.1. The maximum absolute atomic E-state index is 12.7. The third kappa shape index (κ3) is 8.63. The summed E-state index contributed by atoms with van der Waals surface area (Å²) in [6.07, 6.45) is 11.7. The van der Waals surface area contributed by atoms with Gasteiger partial charge in [-0.3, -0.25) is 9.48 Å². The smallest absolute Gasteiger partial charge is 1.00 e. The van der Waals surface area contributed by atoms with E-state index in [0.717, 1.165) is 16.9 Å². The molecule has 5 radical (unpaired) electrons. The first-order valence-electron chi connectivity index (χ1n) is 8.78. The molecule has 0 amide bonds. The van der Waals surface area contributed by atoms with Crippen LogP contribution in [0.15, 0.2) is 70.5 Å². The van der Waals surface area contributed by atoms with Crippen molar-refractivity contribution < 1.29 is 58.9 Å². The van der Waals surface area contributed by atoms with E-state index in [0.29, 0.717) is 5.69 Å². The fourth-order valence-electron chi connectivity index (χ4n) is 2.70. The van der Waals surface area contributed by atoms with Crippen LogP contribution in [-0.4, -0.2) is 15.6 Å². The zero-order valence-electron chi connectivity index (χ0n) is 17.1. The summed E-state index contributed by atoms with van der Waals surface area (Å²) >= 11 is 0. The van der Waals surface area contributed by atoms with Crippen molar-refractivity contribution in [2.24, 2.45) is 12.0 Å². The van der Waals surface area contributed by atoms with Gasteiger partial charge in [0, 0.05) is 13.3 Å². The first-order chi connectivity index (χ1) is 13.2. The minimum absolute atomic E-state index is 0. The second-order valence-electron chi connectivity index (χ2n) is 6.04. The minimum atomic E-state index is -0.113. The van der Waals surface area contributed by atoms with Gasteiger partial charge in [-0.05, 0) is 56.7 Å². The van der Waals surface area contributed by atoms with Crippen LogP contribution in [0, 0.1) is 39.0 Å². The van der Waals surface area contributed by atoms with E-state index >= 15 is 0 Å². The van der Waals surface area contributed by atoms with Crippen molar-refractivity contribution >= 4 is 11.9 Å². The molecular weight excluding hydrogens is 488 g/mol. The Kier molecular flexibility index (Phi) is 16.8. The number of nitrogens with zero attached hydrogens (tertiary/aromatic N) is 3. The van der Waals surface area contributed by atoms with Gasteiger partial charge in [0.05, 0.1) is 11.4 Å². The van der Waals surface area contributed by atoms with E-state index in [9.17, 15) is 4.79 Å². The summed E-state index contributed by atoms with van der Waals surface area (Å²) in [5.41, 5.74) is 2.99. The molecule has 0 N–H and O–H groups in total. The Balaban J connectivity index is 0. The predicted octanol–water partition coefficient (Wildman–Crippen LogP) is -4.73. The Morgan fingerprint density at radius 2 is 1.23 bits per heavy atom. The van der Waals surface area contributed by atoms with E-state index in [1.807, 2.05) is 111 Å². The molecule has 4 rings (SSSR count). The topological polar surface area (TPSA) is 39.3 Å². The van der Waals surface area contributed by atoms with Crippen molar-refractivity contribution in [3.05, 3.63) is 114 Å². The summed E-state index contributed by atoms with van der Waals surface area (Å²) in [6.45, 7) is 1.90. The fourth-order valence-corrected chi connectivity index (χ4v) is 2.70. The van der Waals surface area contributed by atoms with Gasteiger partial charge in [0.25, 0.3) is 5.56 Å². The molecule has 0 spiro atoms. The van der Waals surface area contributed by atoms with Crippen molar-refractivity contribution in [2.45, 2.75) is 6.92 Å². The molecule has 31 heavy (non-hydrogen) atoms. The van der Waals surface area contributed by atoms with Gasteiger partial charge in [-0.2, -0.15) is 0 Å². The van der Waals surface area contributed by atoms with Gasteiger partial charge in [0.15, 0.2) is 5.69 Å². The van der Waals surface area contributed by atoms with Gasteiger partial charge in [-0.1, -0.05) is 48.5 Å². The number of hydrogen-bond donors (Lipinski definition) is 0. The van der Waals surface area contributed by atoms with Crippen LogP contribution in [0.3, 0.4) is 0 Å². The molecule has 8 heteroatoms. The van der Waals surface area contributed by atoms with Crippen molar-refractivity contribution in [3.8, 4) is 5.69 Å². The molecule has 0 unspecified atom stereocenters. The standard InChI is InChI=1S/C18H17N3O.C5H5.3ClH.Ti/c1-14-17(19-13-15-9-5-3-6-10-15)18(22)21(20(14)2)16-11-7-4-8-12-16;1-2-4-5-3-1;;;;/h3-13H,1-2H3;1-5H;3*1H;/q;;;;;+2/p-3. The number of aliphatic imine (C=N–C) groups is 1. The molecule has 0 saturated heterocycles. The van der Waals surface area contributed by atoms with Crippen LogP contribution in [0.4, 0.5) is 5.69 Å². The molecule has 1 saturated carbocycles. The predicted molar refractivity (Wildman–Crippen MR) is 111 cm³/mol. The monoisotopic (exact) mass is 509 g/mol. The largest absolute Gasteiger partial charge is 2.00 e. The summed E-state index contributed by atoms with van der Waals surface area (Å²) in [5.74, 6) is 0. The van der Waals surface area contributed by atoms with Crippen LogP contribution in [-0.2, 0) is 28.8 Å². The van der Waals surface area contributed by atoms with E-state index in [4.69, 9.17) is 0 Å². The normalized spacial score (nSPS) is 11.8. The second kappa shape index (κ2) is 16.4. The number of hydrogen-bond acceptors (Lipinski definition) is 2. The molecule has 1 fully saturated rings. The average Bonchev–Trinajstić information content (AvgIpc) is 3.35. The molecule has 1 heterocycles. The van der Waals surface area contributed by atoms with Crippen molar-refractivity contribution in [1.82, 2.24) is 9.36 Å². The van der Waals surface area contributed by atoms with Gasteiger partial charge in [-0.15, -0.1) is 0 Å². The van der Waals surface area contributed by atoms with Crippen molar-refractivity contribution in [1.29, 1.82) is 0 Å². The van der Waals surface area contributed by atoms with Gasteiger partial charge in [0.2, 0.25) is 0 Å². The van der Waals surface area contributed by atoms with E-state index in [2.05, 4.69) is 4.99 Å². The fraction of sp³-hybridized carbons (Fsp3) is 0.0870. The summed E-state index contributed by atoms with van der Waals surface area (Å²) in [4.78, 5) is 17.1. The zero-order valence-corrected chi connectivity index (χ0v) is 21.0. The average molecular weight is 511 g/mol. The molecule has 1 aliphatic carbocycles. The minimum Gasteiger partial charge on any atom is -1.00 e. The van der Waals surface area contributed by atoms with Crippen molar-refractivity contribution in [3.63, 3.8) is 0 Å². The summed E-state index contributed by atoms with van der Waals surface area (Å²) in [7, 11) is 1.87. The quantitative estimate of drug-likeness (QED) is 0.258. The Morgan fingerprint density at radius 3 is 1.71 bits per heavy atom. The number of halogens is 3.